The zero-order valence-corrected chi connectivity index (χ0v) is 23.4. The van der Waals surface area contributed by atoms with Crippen LogP contribution in [0.4, 0.5) is 0 Å². The number of nitrogens with one attached hydrogen (secondary N) is 1. The molecule has 3 heterocycles. The summed E-state index contributed by atoms with van der Waals surface area (Å²) in [5.41, 5.74) is 9.70. The van der Waals surface area contributed by atoms with Gasteiger partial charge in [-0.25, -0.2) is 0 Å². The van der Waals surface area contributed by atoms with Crippen LogP contribution in [0.2, 0.25) is 0 Å². The predicted octanol–water partition coefficient (Wildman–Crippen LogP) is 7.04. The summed E-state index contributed by atoms with van der Waals surface area (Å²) in [6.07, 6.45) is 10.5. The van der Waals surface area contributed by atoms with Crippen molar-refractivity contribution in [1.29, 1.82) is 0 Å². The van der Waals surface area contributed by atoms with E-state index in [1.165, 1.54) is 49.9 Å². The molecule has 1 aliphatic heterocycles. The molecule has 4 nitrogen and oxygen atoms in total. The average Bonchev–Trinajstić information content (AvgIpc) is 3.49. The fraction of sp³-hybridized carbons (Fsp3) is 0.394. The summed E-state index contributed by atoms with van der Waals surface area (Å²) in [5, 5.41) is 2.76. The number of likely N-dealkylation sites (N-methyl/N-ethyl adjacent to an activating group) is 2. The molecule has 0 saturated heterocycles. The minimum atomic E-state index is 0.335. The normalized spacial score (nSPS) is 17.6. The molecule has 194 valence electrons. The molecule has 0 aliphatic carbocycles. The molecule has 0 saturated carbocycles. The van der Waals surface area contributed by atoms with Gasteiger partial charge >= 0.3 is 0 Å². The van der Waals surface area contributed by atoms with Crippen molar-refractivity contribution in [2.24, 2.45) is 0 Å². The first kappa shape index (κ1) is 25.6. The van der Waals surface area contributed by atoms with E-state index in [0.29, 0.717) is 12.0 Å². The quantitative estimate of drug-likeness (QED) is 0.253. The molecule has 0 amide bonds. The summed E-state index contributed by atoms with van der Waals surface area (Å²) in [5.74, 6) is 0.445. The first-order chi connectivity index (χ1) is 17.8. The van der Waals surface area contributed by atoms with Crippen LogP contribution in [0.15, 0.2) is 66.3 Å². The molecule has 2 aromatic heterocycles. The zero-order chi connectivity index (χ0) is 26.1. The van der Waals surface area contributed by atoms with Gasteiger partial charge in [-0.05, 0) is 90.6 Å². The molecule has 0 spiro atoms. The third-order valence-electron chi connectivity index (χ3n) is 7.72. The van der Waals surface area contributed by atoms with Crippen LogP contribution < -0.4 is 0 Å². The molecule has 4 aromatic rings. The molecular weight excluding hydrogens is 452 g/mol. The van der Waals surface area contributed by atoms with E-state index in [-0.39, 0.29) is 0 Å². The van der Waals surface area contributed by atoms with Crippen molar-refractivity contribution in [2.75, 3.05) is 41.3 Å². The number of benzene rings is 2. The maximum atomic E-state index is 3.72. The Morgan fingerprint density at radius 2 is 1.54 bits per heavy atom. The number of hydrogen-bond donors (Lipinski definition) is 1. The van der Waals surface area contributed by atoms with Gasteiger partial charge in [0.15, 0.2) is 0 Å². The van der Waals surface area contributed by atoms with Crippen LogP contribution in [0.25, 0.3) is 27.9 Å². The van der Waals surface area contributed by atoms with E-state index in [2.05, 4.69) is 128 Å². The van der Waals surface area contributed by atoms with Gasteiger partial charge in [0.25, 0.3) is 0 Å². The molecule has 2 atom stereocenters. The van der Waals surface area contributed by atoms with E-state index in [4.69, 9.17) is 0 Å². The smallest absolute Gasteiger partial charge is 0.0532 e. The molecule has 0 fully saturated rings. The average molecular weight is 495 g/mol. The Kier molecular flexibility index (Phi) is 7.41. The molecular formula is C33H42N4. The number of aromatic amines is 1. The van der Waals surface area contributed by atoms with E-state index in [9.17, 15) is 0 Å². The molecule has 0 bridgehead atoms. The summed E-state index contributed by atoms with van der Waals surface area (Å²) in [6, 6.07) is 18.1. The Balaban J connectivity index is 1.59. The maximum absolute atomic E-state index is 3.72. The number of hydrogen-bond acceptors (Lipinski definition) is 2. The second-order valence-corrected chi connectivity index (χ2v) is 11.4. The van der Waals surface area contributed by atoms with Crippen molar-refractivity contribution in [3.8, 4) is 0 Å². The first-order valence-electron chi connectivity index (χ1n) is 13.7. The number of H-pyrrole nitrogens is 1. The summed E-state index contributed by atoms with van der Waals surface area (Å²) >= 11 is 0. The molecule has 37 heavy (non-hydrogen) atoms. The summed E-state index contributed by atoms with van der Waals surface area (Å²) in [7, 11) is 8.65. The Morgan fingerprint density at radius 3 is 2.24 bits per heavy atom. The lowest BCUT2D eigenvalue weighted by atomic mass is 9.93. The Labute approximate surface area is 222 Å². The van der Waals surface area contributed by atoms with Crippen LogP contribution in [-0.2, 0) is 12.8 Å². The Hall–Kier alpha value is -3.08. The lowest BCUT2D eigenvalue weighted by Gasteiger charge is -2.13. The van der Waals surface area contributed by atoms with Gasteiger partial charge in [-0.1, -0.05) is 54.1 Å². The van der Waals surface area contributed by atoms with Gasteiger partial charge in [0, 0.05) is 52.2 Å². The van der Waals surface area contributed by atoms with Gasteiger partial charge < -0.3 is 19.4 Å². The molecule has 0 radical (unpaired) electrons. The number of allylic oxidation sites excluding steroid dienone is 3. The van der Waals surface area contributed by atoms with Crippen LogP contribution in [0.1, 0.15) is 54.7 Å². The van der Waals surface area contributed by atoms with E-state index in [1.807, 2.05) is 0 Å². The van der Waals surface area contributed by atoms with E-state index in [1.54, 1.807) is 0 Å². The van der Waals surface area contributed by atoms with Crippen molar-refractivity contribution < 1.29 is 0 Å². The molecule has 2 aromatic carbocycles. The fourth-order valence-electron chi connectivity index (χ4n) is 6.08. The predicted molar refractivity (Wildman–Crippen MR) is 160 cm³/mol. The minimum Gasteiger partial charge on any atom is -0.355 e. The van der Waals surface area contributed by atoms with Crippen LogP contribution in [0.3, 0.4) is 0 Å². The Bertz CT molecular complexity index is 1440. The molecule has 0 unspecified atom stereocenters. The van der Waals surface area contributed by atoms with E-state index >= 15 is 0 Å². The second kappa shape index (κ2) is 10.7. The van der Waals surface area contributed by atoms with Crippen LogP contribution in [0, 0.1) is 0 Å². The van der Waals surface area contributed by atoms with E-state index in [0.717, 1.165) is 32.4 Å². The number of rotatable bonds is 9. The number of fused-ring (bicyclic) bond motifs is 4. The summed E-state index contributed by atoms with van der Waals surface area (Å²) in [4.78, 5) is 8.29. The van der Waals surface area contributed by atoms with Gasteiger partial charge in [0.05, 0.1) is 6.04 Å². The van der Waals surface area contributed by atoms with Crippen molar-refractivity contribution in [2.45, 2.75) is 45.1 Å². The van der Waals surface area contributed by atoms with Gasteiger partial charge in [-0.3, -0.25) is 0 Å². The van der Waals surface area contributed by atoms with Gasteiger partial charge in [-0.2, -0.15) is 0 Å². The zero-order valence-electron chi connectivity index (χ0n) is 23.4. The third kappa shape index (κ3) is 5.18. The monoisotopic (exact) mass is 494 g/mol. The Morgan fingerprint density at radius 1 is 0.892 bits per heavy atom. The highest BCUT2D eigenvalue weighted by atomic mass is 15.1. The molecule has 4 heteroatoms. The standard InChI is InChI=1S/C33H42N4/c1-23(2)21-24-22-25(37-32-14-10-8-12-28(32)29(33(24)37)18-20-36(5)6)15-16-31-27(17-19-35(3)4)26-11-7-9-13-30(26)34-31/h7-16,21,24-25,34H,17-20,22H2,1-6H3/b16-15+/t24-,25-/m0/s1. The van der Waals surface area contributed by atoms with Crippen LogP contribution in [-0.4, -0.2) is 60.6 Å². The number of aromatic nitrogens is 2. The lowest BCUT2D eigenvalue weighted by Crippen LogP contribution is -2.15. The SMILES string of the molecule is CC(C)=C[C@H]1C[C@H](/C=C/c2[nH]c3ccccc3c2CCN(C)C)n2c1c(CCN(C)C)c1ccccc12. The topological polar surface area (TPSA) is 27.2 Å². The summed E-state index contributed by atoms with van der Waals surface area (Å²) in [6.45, 7) is 6.57. The molecule has 1 N–H and O–H groups in total. The third-order valence-corrected chi connectivity index (χ3v) is 7.72. The highest BCUT2D eigenvalue weighted by Gasteiger charge is 2.33. The molecule has 5 rings (SSSR count). The summed E-state index contributed by atoms with van der Waals surface area (Å²) < 4.78 is 2.64. The highest BCUT2D eigenvalue weighted by molar-refractivity contribution is 5.88. The number of nitrogens with zero attached hydrogens (tertiary/aromatic N) is 3. The van der Waals surface area contributed by atoms with Gasteiger partial charge in [0.1, 0.15) is 0 Å². The largest absolute Gasteiger partial charge is 0.355 e. The van der Waals surface area contributed by atoms with Crippen molar-refractivity contribution >= 4 is 27.9 Å². The minimum absolute atomic E-state index is 0.335. The van der Waals surface area contributed by atoms with Crippen molar-refractivity contribution in [1.82, 2.24) is 19.4 Å². The first-order valence-corrected chi connectivity index (χ1v) is 13.7. The second-order valence-electron chi connectivity index (χ2n) is 11.4. The van der Waals surface area contributed by atoms with Crippen LogP contribution in [0.5, 0.6) is 0 Å². The van der Waals surface area contributed by atoms with Crippen molar-refractivity contribution in [3.63, 3.8) is 0 Å². The van der Waals surface area contributed by atoms with Crippen molar-refractivity contribution in [3.05, 3.63) is 88.8 Å². The van der Waals surface area contributed by atoms with Crippen LogP contribution >= 0.6 is 0 Å². The molecule has 1 aliphatic rings. The lowest BCUT2D eigenvalue weighted by molar-refractivity contribution is 0.413. The number of para-hydroxylation sites is 2. The fourth-order valence-corrected chi connectivity index (χ4v) is 6.08. The van der Waals surface area contributed by atoms with E-state index < -0.39 is 0 Å². The maximum Gasteiger partial charge on any atom is 0.0532 e. The highest BCUT2D eigenvalue weighted by Crippen LogP contribution is 2.46. The van der Waals surface area contributed by atoms with Gasteiger partial charge in [-0.15, -0.1) is 0 Å². The van der Waals surface area contributed by atoms with Gasteiger partial charge in [0.2, 0.25) is 0 Å².